The Balaban J connectivity index is 2.04. The summed E-state index contributed by atoms with van der Waals surface area (Å²) >= 11 is 0. The zero-order valence-corrected chi connectivity index (χ0v) is 15.2. The van der Waals surface area contributed by atoms with Crippen molar-refractivity contribution in [1.29, 1.82) is 0 Å². The highest BCUT2D eigenvalue weighted by Gasteiger charge is 2.30. The molecule has 148 valence electrons. The van der Waals surface area contributed by atoms with Gasteiger partial charge in [-0.15, -0.1) is 13.2 Å². The minimum atomic E-state index is -4.74. The molecule has 0 aliphatic rings. The van der Waals surface area contributed by atoms with E-state index in [4.69, 9.17) is 0 Å². The molecule has 0 saturated carbocycles. The van der Waals surface area contributed by atoms with Crippen LogP contribution in [0.25, 0.3) is 5.83 Å². The zero-order chi connectivity index (χ0) is 20.6. The fourth-order valence-corrected chi connectivity index (χ4v) is 2.38. The SMILES string of the molecule is CCCCC/C(F)=C(\F)c1ccc(C#Cc2ccc(OC(F)(F)F)cc2)cc1. The molecule has 2 aromatic rings. The van der Waals surface area contributed by atoms with Crippen LogP contribution in [0.4, 0.5) is 22.0 Å². The van der Waals surface area contributed by atoms with Crippen molar-refractivity contribution in [2.45, 2.75) is 39.0 Å². The van der Waals surface area contributed by atoms with Crippen LogP contribution in [-0.4, -0.2) is 6.36 Å². The molecule has 0 aliphatic heterocycles. The molecule has 0 aromatic heterocycles. The smallest absolute Gasteiger partial charge is 0.406 e. The van der Waals surface area contributed by atoms with Crippen molar-refractivity contribution < 1.29 is 26.7 Å². The average Bonchev–Trinajstić information content (AvgIpc) is 2.66. The van der Waals surface area contributed by atoms with Crippen molar-refractivity contribution in [1.82, 2.24) is 0 Å². The predicted molar refractivity (Wildman–Crippen MR) is 98.8 cm³/mol. The van der Waals surface area contributed by atoms with Gasteiger partial charge in [-0.1, -0.05) is 43.7 Å². The molecule has 28 heavy (non-hydrogen) atoms. The monoisotopic (exact) mass is 394 g/mol. The largest absolute Gasteiger partial charge is 0.573 e. The molecule has 0 unspecified atom stereocenters. The van der Waals surface area contributed by atoms with Gasteiger partial charge in [-0.25, -0.2) is 8.78 Å². The summed E-state index contributed by atoms with van der Waals surface area (Å²) in [6.07, 6.45) is -2.28. The van der Waals surface area contributed by atoms with E-state index in [0.717, 1.165) is 12.8 Å². The molecule has 2 rings (SSSR count). The lowest BCUT2D eigenvalue weighted by Crippen LogP contribution is -2.16. The Kier molecular flexibility index (Phi) is 7.62. The minimum Gasteiger partial charge on any atom is -0.406 e. The molecule has 0 bridgehead atoms. The summed E-state index contributed by atoms with van der Waals surface area (Å²) in [6, 6.07) is 11.1. The van der Waals surface area contributed by atoms with E-state index in [9.17, 15) is 22.0 Å². The summed E-state index contributed by atoms with van der Waals surface area (Å²) in [6.45, 7) is 1.99. The molecule has 0 amide bonds. The third-order valence-corrected chi connectivity index (χ3v) is 3.82. The summed E-state index contributed by atoms with van der Waals surface area (Å²) in [5, 5.41) is 0. The van der Waals surface area contributed by atoms with Crippen LogP contribution in [-0.2, 0) is 0 Å². The number of allylic oxidation sites excluding steroid dienone is 1. The molecule has 0 saturated heterocycles. The van der Waals surface area contributed by atoms with E-state index >= 15 is 0 Å². The van der Waals surface area contributed by atoms with Crippen molar-refractivity contribution in [2.24, 2.45) is 0 Å². The van der Waals surface area contributed by atoms with Gasteiger partial charge in [-0.3, -0.25) is 0 Å². The lowest BCUT2D eigenvalue weighted by Gasteiger charge is -2.07. The number of rotatable bonds is 6. The normalized spacial score (nSPS) is 12.1. The highest BCUT2D eigenvalue weighted by Crippen LogP contribution is 2.25. The predicted octanol–water partition coefficient (Wildman–Crippen LogP) is 7.17. The summed E-state index contributed by atoms with van der Waals surface area (Å²) in [5.41, 5.74) is 1.21. The topological polar surface area (TPSA) is 9.23 Å². The fraction of sp³-hybridized carbons (Fsp3) is 0.273. The second-order valence-electron chi connectivity index (χ2n) is 6.08. The molecular weight excluding hydrogens is 375 g/mol. The number of hydrogen-bond donors (Lipinski definition) is 0. The third kappa shape index (κ3) is 7.07. The maximum atomic E-state index is 14.1. The Morgan fingerprint density at radius 1 is 0.857 bits per heavy atom. The third-order valence-electron chi connectivity index (χ3n) is 3.82. The number of alkyl halides is 3. The first kappa shape index (κ1) is 21.5. The summed E-state index contributed by atoms with van der Waals surface area (Å²) in [4.78, 5) is 0. The molecular formula is C22H19F5O. The maximum absolute atomic E-state index is 14.1. The quantitative estimate of drug-likeness (QED) is 0.287. The van der Waals surface area contributed by atoms with Crippen molar-refractivity contribution in [3.63, 3.8) is 0 Å². The van der Waals surface area contributed by atoms with Crippen LogP contribution in [0.3, 0.4) is 0 Å². The Hall–Kier alpha value is -2.81. The molecule has 0 spiro atoms. The molecule has 6 heteroatoms. The van der Waals surface area contributed by atoms with Gasteiger partial charge in [0, 0.05) is 23.1 Å². The first-order chi connectivity index (χ1) is 13.3. The second-order valence-corrected chi connectivity index (χ2v) is 6.08. The van der Waals surface area contributed by atoms with Gasteiger partial charge < -0.3 is 4.74 Å². The van der Waals surface area contributed by atoms with E-state index in [2.05, 4.69) is 16.6 Å². The summed E-state index contributed by atoms with van der Waals surface area (Å²) < 4.78 is 68.0. The van der Waals surface area contributed by atoms with Gasteiger partial charge in [0.25, 0.3) is 0 Å². The van der Waals surface area contributed by atoms with Crippen LogP contribution in [0.5, 0.6) is 5.75 Å². The Bertz CT molecular complexity index is 853. The number of hydrogen-bond acceptors (Lipinski definition) is 1. The highest BCUT2D eigenvalue weighted by atomic mass is 19.4. The van der Waals surface area contributed by atoms with Crippen molar-refractivity contribution >= 4 is 5.83 Å². The van der Waals surface area contributed by atoms with Gasteiger partial charge in [0.1, 0.15) is 11.6 Å². The minimum absolute atomic E-state index is 0.0786. The van der Waals surface area contributed by atoms with Crippen LogP contribution in [0, 0.1) is 11.8 Å². The van der Waals surface area contributed by atoms with Gasteiger partial charge in [0.2, 0.25) is 0 Å². The van der Waals surface area contributed by atoms with Gasteiger partial charge in [0.05, 0.1) is 0 Å². The molecule has 0 fully saturated rings. The molecule has 2 aromatic carbocycles. The summed E-state index contributed by atoms with van der Waals surface area (Å²) in [7, 11) is 0. The Morgan fingerprint density at radius 3 is 1.89 bits per heavy atom. The molecule has 0 heterocycles. The molecule has 0 aliphatic carbocycles. The van der Waals surface area contributed by atoms with E-state index in [1.165, 1.54) is 36.4 Å². The number of benzene rings is 2. The molecule has 0 radical (unpaired) electrons. The van der Waals surface area contributed by atoms with Gasteiger partial charge in [-0.2, -0.15) is 0 Å². The van der Waals surface area contributed by atoms with Crippen molar-refractivity contribution in [3.8, 4) is 17.6 Å². The van der Waals surface area contributed by atoms with E-state index in [-0.39, 0.29) is 17.7 Å². The van der Waals surface area contributed by atoms with Crippen LogP contribution in [0.15, 0.2) is 54.4 Å². The zero-order valence-electron chi connectivity index (χ0n) is 15.2. The maximum Gasteiger partial charge on any atom is 0.573 e. The van der Waals surface area contributed by atoms with Gasteiger partial charge in [-0.05, 0) is 42.8 Å². The fourth-order valence-electron chi connectivity index (χ4n) is 2.38. The first-order valence-corrected chi connectivity index (χ1v) is 8.81. The first-order valence-electron chi connectivity index (χ1n) is 8.81. The van der Waals surface area contributed by atoms with Gasteiger partial charge in [0.15, 0.2) is 5.83 Å². The Labute approximate surface area is 160 Å². The highest BCUT2D eigenvalue weighted by molar-refractivity contribution is 5.62. The van der Waals surface area contributed by atoms with Gasteiger partial charge >= 0.3 is 6.36 Å². The van der Waals surface area contributed by atoms with Crippen LogP contribution >= 0.6 is 0 Å². The van der Waals surface area contributed by atoms with E-state index in [0.29, 0.717) is 17.5 Å². The average molecular weight is 394 g/mol. The van der Waals surface area contributed by atoms with Crippen molar-refractivity contribution in [3.05, 3.63) is 71.0 Å². The van der Waals surface area contributed by atoms with Crippen LogP contribution in [0.1, 0.15) is 49.3 Å². The van der Waals surface area contributed by atoms with E-state index < -0.39 is 18.0 Å². The number of unbranched alkanes of at least 4 members (excludes halogenated alkanes) is 2. The summed E-state index contributed by atoms with van der Waals surface area (Å²) in [5.74, 6) is 3.66. The van der Waals surface area contributed by atoms with E-state index in [1.54, 1.807) is 12.1 Å². The standard InChI is InChI=1S/C22H19F5O/c1-2-3-4-5-20(23)21(24)18-12-8-16(9-13-18)6-7-17-10-14-19(15-11-17)28-22(25,26)27/h8-15H,2-5H2,1H3/b21-20+. The number of halogens is 5. The molecule has 0 N–H and O–H groups in total. The second kappa shape index (κ2) is 9.93. The van der Waals surface area contributed by atoms with Crippen LogP contribution < -0.4 is 4.74 Å². The van der Waals surface area contributed by atoms with E-state index in [1.807, 2.05) is 6.92 Å². The van der Waals surface area contributed by atoms with Crippen molar-refractivity contribution in [2.75, 3.05) is 0 Å². The molecule has 0 atom stereocenters. The molecule has 1 nitrogen and oxygen atoms in total. The number of ether oxygens (including phenoxy) is 1. The van der Waals surface area contributed by atoms with Crippen LogP contribution in [0.2, 0.25) is 0 Å². The lowest BCUT2D eigenvalue weighted by molar-refractivity contribution is -0.274. The Morgan fingerprint density at radius 2 is 1.39 bits per heavy atom. The lowest BCUT2D eigenvalue weighted by atomic mass is 10.1.